The second-order valence-electron chi connectivity index (χ2n) is 5.44. The molecule has 0 N–H and O–H groups in total. The summed E-state index contributed by atoms with van der Waals surface area (Å²) in [4.78, 5) is 0. The van der Waals surface area contributed by atoms with Crippen molar-refractivity contribution in [1.82, 2.24) is 0 Å². The van der Waals surface area contributed by atoms with Crippen molar-refractivity contribution in [2.24, 2.45) is 0 Å². The van der Waals surface area contributed by atoms with E-state index in [0.717, 1.165) is 6.61 Å². The number of hydrogen-bond acceptors (Lipinski definition) is 1. The highest BCUT2D eigenvalue weighted by atomic mass is 28.2. The van der Waals surface area contributed by atoms with E-state index in [0.29, 0.717) is 0 Å². The van der Waals surface area contributed by atoms with E-state index in [1.54, 1.807) is 0 Å². The lowest BCUT2D eigenvalue weighted by molar-refractivity contribution is 0.358. The van der Waals surface area contributed by atoms with Crippen LogP contribution in [0, 0.1) is 0 Å². The smallest absolute Gasteiger partial charge is 0.161 e. The minimum atomic E-state index is -0.147. The fourth-order valence-electron chi connectivity index (χ4n) is 2.37. The van der Waals surface area contributed by atoms with E-state index in [-0.39, 0.29) is 9.76 Å². The van der Waals surface area contributed by atoms with Gasteiger partial charge in [0.05, 0.1) is 0 Å². The third kappa shape index (κ3) is 16.2. The molecule has 0 rings (SSSR count). The minimum absolute atomic E-state index is 0.147. The molecule has 0 aliphatic heterocycles. The Morgan fingerprint density at radius 1 is 0.611 bits per heavy atom. The zero-order valence-electron chi connectivity index (χ0n) is 13.0. The minimum Gasteiger partial charge on any atom is -0.424 e. The summed E-state index contributed by atoms with van der Waals surface area (Å²) >= 11 is 0. The third-order valence-corrected chi connectivity index (χ3v) is 5.08. The van der Waals surface area contributed by atoms with E-state index in [4.69, 9.17) is 4.43 Å². The van der Waals surface area contributed by atoms with E-state index in [9.17, 15) is 0 Å². The highest BCUT2D eigenvalue weighted by Crippen LogP contribution is 2.12. The van der Waals surface area contributed by atoms with Crippen molar-refractivity contribution in [2.75, 3.05) is 6.61 Å². The van der Waals surface area contributed by atoms with E-state index in [1.807, 2.05) is 0 Å². The lowest BCUT2D eigenvalue weighted by Gasteiger charge is -2.03. The fraction of sp³-hybridized carbons (Fsp3) is 1.00. The van der Waals surface area contributed by atoms with Gasteiger partial charge in [-0.05, 0) is 13.0 Å². The van der Waals surface area contributed by atoms with Gasteiger partial charge in [-0.2, -0.15) is 0 Å². The summed E-state index contributed by atoms with van der Waals surface area (Å²) in [6, 6.07) is 1.39. The van der Waals surface area contributed by atoms with Gasteiger partial charge in [0.1, 0.15) is 0 Å². The number of hydrogen-bond donors (Lipinski definition) is 0. The molecular formula is C16H36OSi. The summed E-state index contributed by atoms with van der Waals surface area (Å²) in [5, 5.41) is 0. The lowest BCUT2D eigenvalue weighted by atomic mass is 10.1. The van der Waals surface area contributed by atoms with Crippen LogP contribution in [-0.4, -0.2) is 16.4 Å². The van der Waals surface area contributed by atoms with Crippen molar-refractivity contribution in [3.05, 3.63) is 0 Å². The highest BCUT2D eigenvalue weighted by molar-refractivity contribution is 6.26. The highest BCUT2D eigenvalue weighted by Gasteiger charge is 1.94. The molecule has 0 fully saturated rings. The molecule has 1 nitrogen and oxygen atoms in total. The van der Waals surface area contributed by atoms with Gasteiger partial charge in [0.2, 0.25) is 0 Å². The maximum absolute atomic E-state index is 5.47. The Morgan fingerprint density at radius 2 is 1.06 bits per heavy atom. The van der Waals surface area contributed by atoms with E-state index in [1.165, 1.54) is 83.1 Å². The van der Waals surface area contributed by atoms with Gasteiger partial charge < -0.3 is 4.43 Å². The first-order chi connectivity index (χ1) is 8.91. The van der Waals surface area contributed by atoms with E-state index in [2.05, 4.69) is 13.8 Å². The summed E-state index contributed by atoms with van der Waals surface area (Å²) in [7, 11) is -0.147. The molecule has 2 heteroatoms. The van der Waals surface area contributed by atoms with Crippen LogP contribution in [-0.2, 0) is 4.43 Å². The SMILES string of the molecule is CCCCCCCCCCCCCC[SiH2]OCC. The van der Waals surface area contributed by atoms with Crippen LogP contribution in [0.4, 0.5) is 0 Å². The predicted octanol–water partition coefficient (Wildman–Crippen LogP) is 5.23. The molecule has 0 aromatic carbocycles. The van der Waals surface area contributed by atoms with Gasteiger partial charge in [-0.25, -0.2) is 0 Å². The monoisotopic (exact) mass is 272 g/mol. The van der Waals surface area contributed by atoms with Crippen molar-refractivity contribution >= 4 is 9.76 Å². The summed E-state index contributed by atoms with van der Waals surface area (Å²) in [5.74, 6) is 0. The molecule has 0 atom stereocenters. The van der Waals surface area contributed by atoms with Gasteiger partial charge in [0, 0.05) is 6.61 Å². The van der Waals surface area contributed by atoms with Crippen molar-refractivity contribution in [3.8, 4) is 0 Å². The van der Waals surface area contributed by atoms with Crippen LogP contribution in [0.15, 0.2) is 0 Å². The maximum atomic E-state index is 5.47. The Labute approximate surface area is 118 Å². The first-order valence-electron chi connectivity index (χ1n) is 8.49. The molecule has 0 aliphatic carbocycles. The van der Waals surface area contributed by atoms with Crippen molar-refractivity contribution in [2.45, 2.75) is 96.9 Å². The van der Waals surface area contributed by atoms with E-state index >= 15 is 0 Å². The summed E-state index contributed by atoms with van der Waals surface area (Å²) in [6.45, 7) is 5.33. The van der Waals surface area contributed by atoms with Crippen LogP contribution in [0.25, 0.3) is 0 Å². The second kappa shape index (κ2) is 17.2. The molecule has 18 heavy (non-hydrogen) atoms. The van der Waals surface area contributed by atoms with Crippen LogP contribution in [0.1, 0.15) is 90.9 Å². The zero-order chi connectivity index (χ0) is 13.3. The van der Waals surface area contributed by atoms with Gasteiger partial charge in [-0.1, -0.05) is 84.0 Å². The molecule has 0 amide bonds. The zero-order valence-corrected chi connectivity index (χ0v) is 14.4. The maximum Gasteiger partial charge on any atom is 0.161 e. The molecule has 0 heterocycles. The summed E-state index contributed by atoms with van der Waals surface area (Å²) in [6.07, 6.45) is 17.4. The van der Waals surface area contributed by atoms with Gasteiger partial charge in [-0.3, -0.25) is 0 Å². The first-order valence-corrected chi connectivity index (χ1v) is 10.1. The molecule has 0 unspecified atom stereocenters. The summed E-state index contributed by atoms with van der Waals surface area (Å²) < 4.78 is 5.47. The normalized spacial score (nSPS) is 11.7. The van der Waals surface area contributed by atoms with Crippen molar-refractivity contribution in [1.29, 1.82) is 0 Å². The van der Waals surface area contributed by atoms with Crippen molar-refractivity contribution in [3.63, 3.8) is 0 Å². The molecule has 0 spiro atoms. The van der Waals surface area contributed by atoms with Gasteiger partial charge in [0.15, 0.2) is 9.76 Å². The average Bonchev–Trinajstić information content (AvgIpc) is 2.39. The van der Waals surface area contributed by atoms with Gasteiger partial charge in [-0.15, -0.1) is 0 Å². The van der Waals surface area contributed by atoms with Crippen LogP contribution < -0.4 is 0 Å². The second-order valence-corrected chi connectivity index (χ2v) is 6.96. The van der Waals surface area contributed by atoms with E-state index < -0.39 is 0 Å². The van der Waals surface area contributed by atoms with Crippen LogP contribution in [0.3, 0.4) is 0 Å². The fourth-order valence-corrected chi connectivity index (χ4v) is 3.42. The number of rotatable bonds is 15. The Balaban J connectivity index is 2.86. The third-order valence-electron chi connectivity index (χ3n) is 3.60. The van der Waals surface area contributed by atoms with Crippen LogP contribution >= 0.6 is 0 Å². The Bertz CT molecular complexity index is 123. The molecule has 110 valence electrons. The predicted molar refractivity (Wildman–Crippen MR) is 86.1 cm³/mol. The Hall–Kier alpha value is 0.177. The molecular weight excluding hydrogens is 236 g/mol. The molecule has 0 aromatic rings. The van der Waals surface area contributed by atoms with Gasteiger partial charge in [0.25, 0.3) is 0 Å². The standard InChI is InChI=1S/C16H36OSi/c1-3-5-6-7-8-9-10-11-12-13-14-15-16-18-17-4-2/h3-16,18H2,1-2H3. The van der Waals surface area contributed by atoms with Crippen LogP contribution in [0.2, 0.25) is 6.04 Å². The molecule has 0 aliphatic rings. The average molecular weight is 273 g/mol. The van der Waals surface area contributed by atoms with Gasteiger partial charge >= 0.3 is 0 Å². The Morgan fingerprint density at radius 3 is 1.50 bits per heavy atom. The van der Waals surface area contributed by atoms with Crippen LogP contribution in [0.5, 0.6) is 0 Å². The molecule has 0 aromatic heterocycles. The van der Waals surface area contributed by atoms with Crippen molar-refractivity contribution < 1.29 is 4.43 Å². The topological polar surface area (TPSA) is 9.23 Å². The Kier molecular flexibility index (Phi) is 17.3. The molecule has 0 radical (unpaired) electrons. The molecule has 0 saturated carbocycles. The summed E-state index contributed by atoms with van der Waals surface area (Å²) in [5.41, 5.74) is 0. The molecule has 0 bridgehead atoms. The molecule has 0 saturated heterocycles. The largest absolute Gasteiger partial charge is 0.424 e. The quantitative estimate of drug-likeness (QED) is 0.293. The number of unbranched alkanes of at least 4 members (excludes halogenated alkanes) is 11. The lowest BCUT2D eigenvalue weighted by Crippen LogP contribution is -1.96. The first kappa shape index (κ1) is 18.2.